The molecule has 0 atom stereocenters. The Bertz CT molecular complexity index is 964. The quantitative estimate of drug-likeness (QED) is 0.539. The zero-order valence-electron chi connectivity index (χ0n) is 11.0. The van der Waals surface area contributed by atoms with Crippen LogP contribution in [0.25, 0.3) is 27.2 Å². The van der Waals surface area contributed by atoms with Gasteiger partial charge in [-0.15, -0.1) is 11.3 Å². The number of aromatic nitrogens is 3. The van der Waals surface area contributed by atoms with Crippen LogP contribution in [-0.2, 0) is 0 Å². The van der Waals surface area contributed by atoms with E-state index in [1.54, 1.807) is 11.3 Å². The molecular formula is C16H11N3S2. The highest BCUT2D eigenvalue weighted by Gasteiger charge is 2.10. The number of aromatic amines is 1. The number of rotatable bonds is 2. The Balaban J connectivity index is 1.96. The third-order valence-electron chi connectivity index (χ3n) is 3.40. The largest absolute Gasteiger partial charge is 0.268 e. The number of nitrogens with zero attached hydrogens (tertiary/aromatic N) is 2. The van der Waals surface area contributed by atoms with Gasteiger partial charge in [0, 0.05) is 10.3 Å². The first-order valence-corrected chi connectivity index (χ1v) is 7.82. The summed E-state index contributed by atoms with van der Waals surface area (Å²) in [5, 5.41) is 10.6. The standard InChI is InChI=1S/C16H11N3S2/c20-16-18-17-15(11-4-2-1-3-5-11)19(16)13-6-7-14-12(10-13)8-9-21-14/h1-10H,(H,18,20). The van der Waals surface area contributed by atoms with Crippen molar-refractivity contribution < 1.29 is 0 Å². The average molecular weight is 309 g/mol. The van der Waals surface area contributed by atoms with Crippen molar-refractivity contribution in [2.24, 2.45) is 0 Å². The van der Waals surface area contributed by atoms with Crippen molar-refractivity contribution >= 4 is 33.6 Å². The Labute approximate surface area is 130 Å². The van der Waals surface area contributed by atoms with E-state index in [9.17, 15) is 0 Å². The molecule has 0 aliphatic carbocycles. The summed E-state index contributed by atoms with van der Waals surface area (Å²) in [5.74, 6) is 0.829. The predicted molar refractivity (Wildman–Crippen MR) is 89.6 cm³/mol. The van der Waals surface area contributed by atoms with Crippen molar-refractivity contribution in [3.63, 3.8) is 0 Å². The van der Waals surface area contributed by atoms with E-state index in [1.165, 1.54) is 10.1 Å². The van der Waals surface area contributed by atoms with Crippen LogP contribution in [0.3, 0.4) is 0 Å². The lowest BCUT2D eigenvalue weighted by Crippen LogP contribution is -1.97. The van der Waals surface area contributed by atoms with Crippen molar-refractivity contribution in [2.45, 2.75) is 0 Å². The van der Waals surface area contributed by atoms with Gasteiger partial charge < -0.3 is 0 Å². The van der Waals surface area contributed by atoms with Crippen LogP contribution < -0.4 is 0 Å². The van der Waals surface area contributed by atoms with Crippen LogP contribution >= 0.6 is 23.6 Å². The first kappa shape index (κ1) is 12.5. The van der Waals surface area contributed by atoms with E-state index in [4.69, 9.17) is 12.2 Å². The van der Waals surface area contributed by atoms with E-state index in [1.807, 2.05) is 34.9 Å². The number of fused-ring (bicyclic) bond motifs is 1. The molecule has 0 saturated carbocycles. The first-order chi connectivity index (χ1) is 10.3. The van der Waals surface area contributed by atoms with Gasteiger partial charge in [0.15, 0.2) is 10.6 Å². The van der Waals surface area contributed by atoms with Gasteiger partial charge >= 0.3 is 0 Å². The summed E-state index contributed by atoms with van der Waals surface area (Å²) in [5.41, 5.74) is 2.06. The zero-order chi connectivity index (χ0) is 14.2. The number of hydrogen-bond acceptors (Lipinski definition) is 3. The number of hydrogen-bond donors (Lipinski definition) is 1. The zero-order valence-corrected chi connectivity index (χ0v) is 12.6. The Morgan fingerprint density at radius 3 is 2.76 bits per heavy atom. The van der Waals surface area contributed by atoms with Gasteiger partial charge in [0.05, 0.1) is 5.69 Å². The molecule has 0 unspecified atom stereocenters. The minimum absolute atomic E-state index is 0.600. The van der Waals surface area contributed by atoms with Crippen molar-refractivity contribution in [3.8, 4) is 17.1 Å². The second kappa shape index (κ2) is 4.95. The van der Waals surface area contributed by atoms with Crippen molar-refractivity contribution in [1.82, 2.24) is 14.8 Å². The summed E-state index contributed by atoms with van der Waals surface area (Å²) in [6.45, 7) is 0. The van der Waals surface area contributed by atoms with E-state index in [-0.39, 0.29) is 0 Å². The van der Waals surface area contributed by atoms with Gasteiger partial charge in [0.1, 0.15) is 0 Å². The number of H-pyrrole nitrogens is 1. The Morgan fingerprint density at radius 2 is 1.90 bits per heavy atom. The number of nitrogens with one attached hydrogen (secondary N) is 1. The Morgan fingerprint density at radius 1 is 1.05 bits per heavy atom. The minimum atomic E-state index is 0.600. The van der Waals surface area contributed by atoms with Crippen LogP contribution in [0, 0.1) is 4.77 Å². The predicted octanol–water partition coefficient (Wildman–Crippen LogP) is 4.81. The molecule has 0 amide bonds. The first-order valence-electron chi connectivity index (χ1n) is 6.53. The molecule has 1 N–H and O–H groups in total. The molecule has 0 fully saturated rings. The van der Waals surface area contributed by atoms with E-state index < -0.39 is 0 Å². The number of thiophene rings is 1. The van der Waals surface area contributed by atoms with E-state index in [2.05, 4.69) is 39.8 Å². The van der Waals surface area contributed by atoms with Crippen LogP contribution in [-0.4, -0.2) is 14.8 Å². The third kappa shape index (κ3) is 2.11. The lowest BCUT2D eigenvalue weighted by molar-refractivity contribution is 1.04. The molecule has 5 heteroatoms. The monoisotopic (exact) mass is 309 g/mol. The molecule has 4 aromatic rings. The summed E-state index contributed by atoms with van der Waals surface area (Å²) >= 11 is 7.14. The average Bonchev–Trinajstić information content (AvgIpc) is 3.13. The van der Waals surface area contributed by atoms with Crippen LogP contribution in [0.2, 0.25) is 0 Å². The summed E-state index contributed by atoms with van der Waals surface area (Å²) in [7, 11) is 0. The fraction of sp³-hybridized carbons (Fsp3) is 0. The smallest absolute Gasteiger partial charge is 0.200 e. The highest BCUT2D eigenvalue weighted by Crippen LogP contribution is 2.26. The maximum Gasteiger partial charge on any atom is 0.200 e. The summed E-state index contributed by atoms with van der Waals surface area (Å²) in [4.78, 5) is 0. The minimum Gasteiger partial charge on any atom is -0.268 e. The lowest BCUT2D eigenvalue weighted by atomic mass is 10.2. The van der Waals surface area contributed by atoms with E-state index in [0.29, 0.717) is 4.77 Å². The third-order valence-corrected chi connectivity index (χ3v) is 4.57. The molecule has 0 radical (unpaired) electrons. The normalized spacial score (nSPS) is 11.0. The summed E-state index contributed by atoms with van der Waals surface area (Å²) in [6, 6.07) is 18.5. The molecule has 0 aliphatic rings. The molecular weight excluding hydrogens is 298 g/mol. The fourth-order valence-electron chi connectivity index (χ4n) is 2.41. The molecule has 102 valence electrons. The van der Waals surface area contributed by atoms with Gasteiger partial charge in [-0.2, -0.15) is 5.10 Å². The van der Waals surface area contributed by atoms with Crippen LogP contribution in [0.4, 0.5) is 0 Å². The maximum absolute atomic E-state index is 5.40. The molecule has 2 aromatic carbocycles. The Kier molecular flexibility index (Phi) is 2.94. The summed E-state index contributed by atoms with van der Waals surface area (Å²) < 4.78 is 3.85. The summed E-state index contributed by atoms with van der Waals surface area (Å²) in [6.07, 6.45) is 0. The van der Waals surface area contributed by atoms with Crippen LogP contribution in [0.1, 0.15) is 0 Å². The van der Waals surface area contributed by atoms with E-state index in [0.717, 1.165) is 17.1 Å². The topological polar surface area (TPSA) is 33.6 Å². The second-order valence-electron chi connectivity index (χ2n) is 4.70. The SMILES string of the molecule is S=c1[nH]nc(-c2ccccc2)n1-c1ccc2sccc2c1. The van der Waals surface area contributed by atoms with Gasteiger partial charge in [-0.05, 0) is 47.2 Å². The lowest BCUT2D eigenvalue weighted by Gasteiger charge is -2.07. The molecule has 0 spiro atoms. The van der Waals surface area contributed by atoms with Gasteiger partial charge in [0.25, 0.3) is 0 Å². The second-order valence-corrected chi connectivity index (χ2v) is 6.03. The molecule has 4 rings (SSSR count). The molecule has 0 aliphatic heterocycles. The number of benzene rings is 2. The fourth-order valence-corrected chi connectivity index (χ4v) is 3.42. The van der Waals surface area contributed by atoms with Crippen molar-refractivity contribution in [1.29, 1.82) is 0 Å². The van der Waals surface area contributed by atoms with Crippen LogP contribution in [0.15, 0.2) is 60.0 Å². The van der Waals surface area contributed by atoms with Crippen molar-refractivity contribution in [3.05, 3.63) is 64.7 Å². The van der Waals surface area contributed by atoms with Crippen LogP contribution in [0.5, 0.6) is 0 Å². The Hall–Kier alpha value is -2.24. The molecule has 0 saturated heterocycles. The van der Waals surface area contributed by atoms with Gasteiger partial charge in [-0.1, -0.05) is 30.3 Å². The van der Waals surface area contributed by atoms with Gasteiger partial charge in [-0.3, -0.25) is 9.67 Å². The van der Waals surface area contributed by atoms with Gasteiger partial charge in [0.2, 0.25) is 0 Å². The van der Waals surface area contributed by atoms with Gasteiger partial charge in [-0.25, -0.2) is 0 Å². The van der Waals surface area contributed by atoms with E-state index >= 15 is 0 Å². The maximum atomic E-state index is 5.40. The molecule has 2 aromatic heterocycles. The highest BCUT2D eigenvalue weighted by molar-refractivity contribution is 7.71. The molecule has 21 heavy (non-hydrogen) atoms. The molecule has 3 nitrogen and oxygen atoms in total. The highest BCUT2D eigenvalue weighted by atomic mass is 32.1. The molecule has 2 heterocycles. The van der Waals surface area contributed by atoms with Crippen molar-refractivity contribution in [2.75, 3.05) is 0 Å². The molecule has 0 bridgehead atoms.